The molecule has 1 aromatic heterocycles. The molecule has 6 heteroatoms. The summed E-state index contributed by atoms with van der Waals surface area (Å²) in [5.74, 6) is 1.58. The van der Waals surface area contributed by atoms with E-state index >= 15 is 0 Å². The van der Waals surface area contributed by atoms with Crippen molar-refractivity contribution in [3.05, 3.63) is 58.3 Å². The maximum Gasteiger partial charge on any atom is 0.328 e. The van der Waals surface area contributed by atoms with Crippen molar-refractivity contribution in [1.82, 2.24) is 14.9 Å². The molecule has 1 amide bonds. The molecule has 1 atom stereocenters. The second kappa shape index (κ2) is 5.38. The number of hydrogen-bond acceptors (Lipinski definition) is 3. The molecule has 2 heterocycles. The van der Waals surface area contributed by atoms with Crippen LogP contribution in [0.3, 0.4) is 0 Å². The Morgan fingerprint density at radius 3 is 2.78 bits per heavy atom. The van der Waals surface area contributed by atoms with E-state index in [4.69, 9.17) is 4.74 Å². The number of halogens is 1. The van der Waals surface area contributed by atoms with E-state index in [-0.39, 0.29) is 12.1 Å². The van der Waals surface area contributed by atoms with Gasteiger partial charge in [0.15, 0.2) is 0 Å². The lowest BCUT2D eigenvalue weighted by atomic mass is 10.1. The normalized spacial score (nSPS) is 16.4. The van der Waals surface area contributed by atoms with E-state index in [0.717, 1.165) is 32.6 Å². The largest absolute Gasteiger partial charge is 0.497 e. The van der Waals surface area contributed by atoms with Gasteiger partial charge in [0.1, 0.15) is 11.6 Å². The molecule has 0 spiro atoms. The molecule has 2 aromatic carbocycles. The third kappa shape index (κ3) is 2.39. The summed E-state index contributed by atoms with van der Waals surface area (Å²) >= 11 is 3.44. The van der Waals surface area contributed by atoms with Crippen LogP contribution in [0.25, 0.3) is 11.0 Å². The number of aromatic nitrogens is 2. The lowest BCUT2D eigenvalue weighted by Crippen LogP contribution is -2.22. The Balaban J connectivity index is 1.70. The Bertz CT molecular complexity index is 902. The molecule has 0 saturated carbocycles. The van der Waals surface area contributed by atoms with E-state index in [9.17, 15) is 4.79 Å². The SMILES string of the molecule is COc1ccc(CC2NC(=O)n3c2nc2ccc(Br)cc23)cc1. The number of ether oxygens (including phenoxy) is 1. The molecule has 0 fully saturated rings. The molecule has 1 aliphatic rings. The summed E-state index contributed by atoms with van der Waals surface area (Å²) in [6.45, 7) is 0. The minimum Gasteiger partial charge on any atom is -0.497 e. The molecular formula is C17H14BrN3O2. The van der Waals surface area contributed by atoms with E-state index in [1.165, 1.54) is 0 Å². The van der Waals surface area contributed by atoms with Crippen LogP contribution < -0.4 is 10.1 Å². The molecule has 23 heavy (non-hydrogen) atoms. The predicted molar refractivity (Wildman–Crippen MR) is 90.8 cm³/mol. The Morgan fingerprint density at radius 2 is 2.04 bits per heavy atom. The number of nitrogens with one attached hydrogen (secondary N) is 1. The summed E-state index contributed by atoms with van der Waals surface area (Å²) in [4.78, 5) is 17.0. The van der Waals surface area contributed by atoms with Gasteiger partial charge in [-0.3, -0.25) is 0 Å². The number of rotatable bonds is 3. The van der Waals surface area contributed by atoms with E-state index < -0.39 is 0 Å². The highest BCUT2D eigenvalue weighted by molar-refractivity contribution is 9.10. The molecule has 116 valence electrons. The number of carbonyl (C=O) groups is 1. The highest BCUT2D eigenvalue weighted by atomic mass is 79.9. The molecule has 5 nitrogen and oxygen atoms in total. The van der Waals surface area contributed by atoms with Gasteiger partial charge in [0.2, 0.25) is 0 Å². The molecule has 1 N–H and O–H groups in total. The smallest absolute Gasteiger partial charge is 0.328 e. The summed E-state index contributed by atoms with van der Waals surface area (Å²) in [7, 11) is 1.65. The topological polar surface area (TPSA) is 56.1 Å². The van der Waals surface area contributed by atoms with E-state index in [0.29, 0.717) is 6.42 Å². The van der Waals surface area contributed by atoms with Crippen molar-refractivity contribution in [2.45, 2.75) is 12.5 Å². The molecule has 0 radical (unpaired) electrons. The first-order valence-corrected chi connectivity index (χ1v) is 8.07. The van der Waals surface area contributed by atoms with Gasteiger partial charge in [0.05, 0.1) is 24.2 Å². The van der Waals surface area contributed by atoms with Gasteiger partial charge in [-0.05, 0) is 42.3 Å². The summed E-state index contributed by atoms with van der Waals surface area (Å²) < 4.78 is 7.76. The molecule has 1 aliphatic heterocycles. The summed E-state index contributed by atoms with van der Waals surface area (Å²) in [6.07, 6.45) is 0.695. The van der Waals surface area contributed by atoms with Crippen LogP contribution in [0.15, 0.2) is 46.9 Å². The highest BCUT2D eigenvalue weighted by Gasteiger charge is 2.32. The van der Waals surface area contributed by atoms with Crippen molar-refractivity contribution < 1.29 is 9.53 Å². The first-order chi connectivity index (χ1) is 11.2. The van der Waals surface area contributed by atoms with Crippen LogP contribution in [0.1, 0.15) is 17.4 Å². The fourth-order valence-corrected chi connectivity index (χ4v) is 3.28. The van der Waals surface area contributed by atoms with Crippen LogP contribution in [0.4, 0.5) is 4.79 Å². The third-order valence-corrected chi connectivity index (χ3v) is 4.55. The quantitative estimate of drug-likeness (QED) is 0.764. The van der Waals surface area contributed by atoms with Crippen molar-refractivity contribution in [3.63, 3.8) is 0 Å². The van der Waals surface area contributed by atoms with Crippen molar-refractivity contribution in [2.24, 2.45) is 0 Å². The average Bonchev–Trinajstić information content (AvgIpc) is 3.06. The van der Waals surface area contributed by atoms with Crippen molar-refractivity contribution in [1.29, 1.82) is 0 Å². The summed E-state index contributed by atoms with van der Waals surface area (Å²) in [6, 6.07) is 13.4. The second-order valence-corrected chi connectivity index (χ2v) is 6.41. The minimum atomic E-state index is -0.126. The Morgan fingerprint density at radius 1 is 1.26 bits per heavy atom. The van der Waals surface area contributed by atoms with Crippen LogP contribution in [0.2, 0.25) is 0 Å². The monoisotopic (exact) mass is 371 g/mol. The molecule has 1 unspecified atom stereocenters. The zero-order valence-corrected chi connectivity index (χ0v) is 14.0. The molecule has 0 bridgehead atoms. The molecule has 3 aromatic rings. The van der Waals surface area contributed by atoms with Gasteiger partial charge in [0.25, 0.3) is 0 Å². The van der Waals surface area contributed by atoms with Crippen LogP contribution in [0, 0.1) is 0 Å². The number of benzene rings is 2. The number of carbonyl (C=O) groups excluding carboxylic acids is 1. The third-order valence-electron chi connectivity index (χ3n) is 4.05. The van der Waals surface area contributed by atoms with Crippen LogP contribution in [-0.4, -0.2) is 22.7 Å². The predicted octanol–water partition coefficient (Wildman–Crippen LogP) is 3.66. The lowest BCUT2D eigenvalue weighted by Gasteiger charge is -2.09. The van der Waals surface area contributed by atoms with Gasteiger partial charge in [-0.1, -0.05) is 28.1 Å². The number of methoxy groups -OCH3 is 1. The van der Waals surface area contributed by atoms with Crippen molar-refractivity contribution in [3.8, 4) is 5.75 Å². The van der Waals surface area contributed by atoms with Crippen LogP contribution in [0.5, 0.6) is 5.75 Å². The van der Waals surface area contributed by atoms with Gasteiger partial charge in [-0.15, -0.1) is 0 Å². The van der Waals surface area contributed by atoms with Gasteiger partial charge in [-0.25, -0.2) is 14.3 Å². The number of fused-ring (bicyclic) bond motifs is 3. The molecule has 4 rings (SSSR count). The Labute approximate surface area is 141 Å². The van der Waals surface area contributed by atoms with E-state index in [1.807, 2.05) is 42.5 Å². The van der Waals surface area contributed by atoms with Crippen LogP contribution >= 0.6 is 15.9 Å². The lowest BCUT2D eigenvalue weighted by molar-refractivity contribution is 0.245. The Kier molecular flexibility index (Phi) is 3.34. The van der Waals surface area contributed by atoms with Gasteiger partial charge < -0.3 is 10.1 Å². The number of hydrogen-bond donors (Lipinski definition) is 1. The van der Waals surface area contributed by atoms with Crippen molar-refractivity contribution in [2.75, 3.05) is 7.11 Å². The minimum absolute atomic E-state index is 0.123. The van der Waals surface area contributed by atoms with Gasteiger partial charge >= 0.3 is 6.03 Å². The zero-order chi connectivity index (χ0) is 16.0. The zero-order valence-electron chi connectivity index (χ0n) is 12.4. The fraction of sp³-hybridized carbons (Fsp3) is 0.176. The summed E-state index contributed by atoms with van der Waals surface area (Å²) in [5, 5.41) is 3.00. The molecule has 0 saturated heterocycles. The first kappa shape index (κ1) is 14.3. The van der Waals surface area contributed by atoms with Gasteiger partial charge in [0, 0.05) is 4.47 Å². The van der Waals surface area contributed by atoms with Gasteiger partial charge in [-0.2, -0.15) is 0 Å². The molecular weight excluding hydrogens is 358 g/mol. The number of nitrogens with zero attached hydrogens (tertiary/aromatic N) is 2. The summed E-state index contributed by atoms with van der Waals surface area (Å²) in [5.41, 5.74) is 2.78. The molecule has 0 aliphatic carbocycles. The number of amides is 1. The first-order valence-electron chi connectivity index (χ1n) is 7.27. The van der Waals surface area contributed by atoms with Crippen LogP contribution in [-0.2, 0) is 6.42 Å². The standard InChI is InChI=1S/C17H14BrN3O2/c1-23-12-5-2-10(3-6-12)8-14-16-19-13-7-4-11(18)9-15(13)21(16)17(22)20-14/h2-7,9,14H,8H2,1H3,(H,20,22). The Hall–Kier alpha value is -2.34. The average molecular weight is 372 g/mol. The van der Waals surface area contributed by atoms with E-state index in [2.05, 4.69) is 26.2 Å². The van der Waals surface area contributed by atoms with Crippen molar-refractivity contribution >= 4 is 33.0 Å². The maximum atomic E-state index is 12.3. The van der Waals surface area contributed by atoms with E-state index in [1.54, 1.807) is 11.7 Å². The second-order valence-electron chi connectivity index (χ2n) is 5.49. The fourth-order valence-electron chi connectivity index (χ4n) is 2.93. The maximum absolute atomic E-state index is 12.3. The number of imidazole rings is 1. The highest BCUT2D eigenvalue weighted by Crippen LogP contribution is 2.29.